The van der Waals surface area contributed by atoms with Crippen molar-refractivity contribution in [2.45, 2.75) is 0 Å². The Kier molecular flexibility index (Phi) is 3.57. The highest BCUT2D eigenvalue weighted by Gasteiger charge is 2.09. The average Bonchev–Trinajstić information content (AvgIpc) is 2.37. The molecular formula is C13H10ClFN2O2. The Balaban J connectivity index is 2.20. The number of benzene rings is 2. The van der Waals surface area contributed by atoms with E-state index in [1.165, 1.54) is 24.3 Å². The van der Waals surface area contributed by atoms with Crippen LogP contribution < -0.4 is 11.1 Å². The van der Waals surface area contributed by atoms with Crippen LogP contribution in [0.1, 0.15) is 10.4 Å². The highest BCUT2D eigenvalue weighted by Crippen LogP contribution is 2.22. The Morgan fingerprint density at radius 3 is 2.63 bits per heavy atom. The first-order valence-corrected chi connectivity index (χ1v) is 5.70. The van der Waals surface area contributed by atoms with E-state index in [9.17, 15) is 9.18 Å². The highest BCUT2D eigenvalue weighted by molar-refractivity contribution is 6.33. The van der Waals surface area contributed by atoms with E-state index in [4.69, 9.17) is 22.4 Å². The van der Waals surface area contributed by atoms with Crippen molar-refractivity contribution in [3.05, 3.63) is 52.8 Å². The second-order valence-corrected chi connectivity index (χ2v) is 4.26. The number of amides is 1. The summed E-state index contributed by atoms with van der Waals surface area (Å²) < 4.78 is 13.1. The minimum absolute atomic E-state index is 0.230. The van der Waals surface area contributed by atoms with E-state index in [0.717, 1.165) is 12.1 Å². The maximum atomic E-state index is 13.1. The number of hydrogen-bond donors (Lipinski definition) is 3. The maximum Gasteiger partial charge on any atom is 0.255 e. The first-order chi connectivity index (χ1) is 8.97. The molecule has 2 aromatic carbocycles. The Labute approximate surface area is 113 Å². The van der Waals surface area contributed by atoms with E-state index in [0.29, 0.717) is 11.3 Å². The molecule has 0 saturated carbocycles. The van der Waals surface area contributed by atoms with E-state index in [-0.39, 0.29) is 10.7 Å². The number of halogens is 2. The lowest BCUT2D eigenvalue weighted by molar-refractivity contribution is 0.102. The third kappa shape index (κ3) is 2.95. The zero-order chi connectivity index (χ0) is 14.0. The number of hydrogen-bond acceptors (Lipinski definition) is 3. The molecule has 0 saturated heterocycles. The van der Waals surface area contributed by atoms with Crippen molar-refractivity contribution >= 4 is 28.9 Å². The summed E-state index contributed by atoms with van der Waals surface area (Å²) in [7, 11) is 0. The minimum Gasteiger partial charge on any atom is -0.505 e. The smallest absolute Gasteiger partial charge is 0.255 e. The minimum atomic E-state index is -0.812. The number of anilines is 2. The van der Waals surface area contributed by atoms with Gasteiger partial charge in [0.25, 0.3) is 5.91 Å². The zero-order valence-electron chi connectivity index (χ0n) is 9.65. The van der Waals surface area contributed by atoms with Gasteiger partial charge in [-0.3, -0.25) is 4.79 Å². The van der Waals surface area contributed by atoms with Crippen LogP contribution in [0.3, 0.4) is 0 Å². The normalized spacial score (nSPS) is 10.2. The van der Waals surface area contributed by atoms with Crippen LogP contribution in [0.5, 0.6) is 5.75 Å². The molecule has 0 aliphatic heterocycles. The van der Waals surface area contributed by atoms with Gasteiger partial charge in [-0.2, -0.15) is 0 Å². The number of nitrogen functional groups attached to an aromatic ring is 1. The molecule has 0 heterocycles. The van der Waals surface area contributed by atoms with Gasteiger partial charge in [-0.1, -0.05) is 11.6 Å². The Bertz CT molecular complexity index is 647. The first kappa shape index (κ1) is 13.2. The predicted molar refractivity (Wildman–Crippen MR) is 71.9 cm³/mol. The van der Waals surface area contributed by atoms with E-state index < -0.39 is 17.5 Å². The van der Waals surface area contributed by atoms with E-state index in [1.807, 2.05) is 0 Å². The summed E-state index contributed by atoms with van der Waals surface area (Å²) in [6.07, 6.45) is 0. The van der Waals surface area contributed by atoms with Crippen LogP contribution in [0.2, 0.25) is 5.02 Å². The summed E-state index contributed by atoms with van der Waals surface area (Å²) in [6, 6.07) is 7.99. The quantitative estimate of drug-likeness (QED) is 0.585. The molecule has 2 rings (SSSR count). The van der Waals surface area contributed by atoms with Gasteiger partial charge in [0.1, 0.15) is 0 Å². The Morgan fingerprint density at radius 1 is 1.26 bits per heavy atom. The fourth-order valence-electron chi connectivity index (χ4n) is 1.46. The van der Waals surface area contributed by atoms with Crippen LogP contribution in [-0.4, -0.2) is 11.0 Å². The van der Waals surface area contributed by atoms with Crippen molar-refractivity contribution in [3.63, 3.8) is 0 Å². The van der Waals surface area contributed by atoms with Gasteiger partial charge in [0, 0.05) is 17.3 Å². The van der Waals surface area contributed by atoms with Gasteiger partial charge in [-0.25, -0.2) is 4.39 Å². The molecule has 1 amide bonds. The van der Waals surface area contributed by atoms with Crippen LogP contribution in [0.25, 0.3) is 0 Å². The van der Waals surface area contributed by atoms with Crippen LogP contribution in [0.15, 0.2) is 36.4 Å². The van der Waals surface area contributed by atoms with Gasteiger partial charge in [0.15, 0.2) is 11.6 Å². The molecule has 0 aliphatic carbocycles. The fourth-order valence-corrected chi connectivity index (χ4v) is 1.64. The van der Waals surface area contributed by atoms with Gasteiger partial charge >= 0.3 is 0 Å². The highest BCUT2D eigenvalue weighted by atomic mass is 35.5. The van der Waals surface area contributed by atoms with E-state index in [2.05, 4.69) is 5.32 Å². The molecule has 2 aromatic rings. The summed E-state index contributed by atoms with van der Waals surface area (Å²) in [5.41, 5.74) is 6.43. The molecule has 0 radical (unpaired) electrons. The van der Waals surface area contributed by atoms with Crippen LogP contribution in [0.4, 0.5) is 15.8 Å². The van der Waals surface area contributed by atoms with Crippen molar-refractivity contribution < 1.29 is 14.3 Å². The molecule has 0 fully saturated rings. The summed E-state index contributed by atoms with van der Waals surface area (Å²) in [5.74, 6) is -1.74. The fraction of sp³-hybridized carbons (Fsp3) is 0. The number of rotatable bonds is 2. The number of carbonyl (C=O) groups excluding carboxylic acids is 1. The average molecular weight is 281 g/mol. The van der Waals surface area contributed by atoms with E-state index in [1.54, 1.807) is 0 Å². The molecule has 0 aliphatic rings. The molecule has 6 heteroatoms. The molecule has 4 N–H and O–H groups in total. The Morgan fingerprint density at radius 2 is 2.00 bits per heavy atom. The maximum absolute atomic E-state index is 13.1. The first-order valence-electron chi connectivity index (χ1n) is 5.32. The Hall–Kier alpha value is -2.27. The molecule has 0 spiro atoms. The molecule has 19 heavy (non-hydrogen) atoms. The lowest BCUT2D eigenvalue weighted by atomic mass is 10.2. The SMILES string of the molecule is Nc1ccc(C(=O)Nc2ccc(O)c(F)c2)cc1Cl. The number of phenols is 1. The third-order valence-electron chi connectivity index (χ3n) is 2.47. The molecular weight excluding hydrogens is 271 g/mol. The predicted octanol–water partition coefficient (Wildman–Crippen LogP) is 3.02. The van der Waals surface area contributed by atoms with Gasteiger partial charge in [-0.15, -0.1) is 0 Å². The van der Waals surface area contributed by atoms with E-state index >= 15 is 0 Å². The second kappa shape index (κ2) is 5.16. The molecule has 0 bridgehead atoms. The molecule has 0 unspecified atom stereocenters. The second-order valence-electron chi connectivity index (χ2n) is 3.86. The lowest BCUT2D eigenvalue weighted by Crippen LogP contribution is -2.12. The molecule has 0 aromatic heterocycles. The van der Waals surface area contributed by atoms with Crippen molar-refractivity contribution in [2.24, 2.45) is 0 Å². The monoisotopic (exact) mass is 280 g/mol. The number of nitrogens with one attached hydrogen (secondary N) is 1. The van der Waals surface area contributed by atoms with Crippen LogP contribution >= 0.6 is 11.6 Å². The van der Waals surface area contributed by atoms with Crippen LogP contribution in [0, 0.1) is 5.82 Å². The summed E-state index contributed by atoms with van der Waals surface area (Å²) >= 11 is 5.81. The molecule has 4 nitrogen and oxygen atoms in total. The number of nitrogens with two attached hydrogens (primary N) is 1. The van der Waals surface area contributed by atoms with Gasteiger partial charge < -0.3 is 16.2 Å². The molecule has 98 valence electrons. The standard InChI is InChI=1S/C13H10ClFN2O2/c14-9-5-7(1-3-11(9)16)13(19)17-8-2-4-12(18)10(15)6-8/h1-6,18H,16H2,(H,17,19). The number of carbonyl (C=O) groups is 1. The van der Waals surface area contributed by atoms with Gasteiger partial charge in [-0.05, 0) is 30.3 Å². The number of phenolic OH excluding ortho intramolecular Hbond substituents is 1. The number of aromatic hydroxyl groups is 1. The van der Waals surface area contributed by atoms with Crippen molar-refractivity contribution in [1.82, 2.24) is 0 Å². The van der Waals surface area contributed by atoms with Crippen LogP contribution in [-0.2, 0) is 0 Å². The third-order valence-corrected chi connectivity index (χ3v) is 2.80. The summed E-state index contributed by atoms with van der Waals surface area (Å²) in [6.45, 7) is 0. The zero-order valence-corrected chi connectivity index (χ0v) is 10.4. The van der Waals surface area contributed by atoms with Crippen molar-refractivity contribution in [1.29, 1.82) is 0 Å². The van der Waals surface area contributed by atoms with Gasteiger partial charge in [0.2, 0.25) is 0 Å². The summed E-state index contributed by atoms with van der Waals surface area (Å²) in [5, 5.41) is 11.8. The lowest BCUT2D eigenvalue weighted by Gasteiger charge is -2.07. The van der Waals surface area contributed by atoms with Crippen molar-refractivity contribution in [2.75, 3.05) is 11.1 Å². The largest absolute Gasteiger partial charge is 0.505 e. The van der Waals surface area contributed by atoms with Gasteiger partial charge in [0.05, 0.1) is 10.7 Å². The summed E-state index contributed by atoms with van der Waals surface area (Å²) in [4.78, 5) is 11.9. The van der Waals surface area contributed by atoms with Crippen molar-refractivity contribution in [3.8, 4) is 5.75 Å². The molecule has 0 atom stereocenters. The topological polar surface area (TPSA) is 75.4 Å².